The summed E-state index contributed by atoms with van der Waals surface area (Å²) in [5.74, 6) is -0.970. The Morgan fingerprint density at radius 1 is 1.16 bits per heavy atom. The van der Waals surface area contributed by atoms with Crippen molar-refractivity contribution < 1.29 is 19.1 Å². The highest BCUT2D eigenvalue weighted by atomic mass is 32.1. The van der Waals surface area contributed by atoms with E-state index < -0.39 is 12.1 Å². The summed E-state index contributed by atoms with van der Waals surface area (Å²) >= 11 is 1.36. The number of esters is 1. The molecule has 2 atom stereocenters. The molecule has 6 nitrogen and oxygen atoms in total. The standard InChI is InChI=1S/C24H30N2O4S/c1-5-9-19(17-10-7-6-8-11-17)25-21(27)15(3)30-24(29)20-14(2)16(4)31-23(20)26-22(28)18-12-13-18/h6-8,10-11,15,18-19H,5,9,12-13H2,1-4H3,(H,25,27)(H,26,28). The molecule has 1 aromatic heterocycles. The second kappa shape index (κ2) is 10.1. The van der Waals surface area contributed by atoms with Gasteiger partial charge in [0.25, 0.3) is 5.91 Å². The van der Waals surface area contributed by atoms with Crippen molar-refractivity contribution in [1.29, 1.82) is 0 Å². The van der Waals surface area contributed by atoms with E-state index in [1.165, 1.54) is 11.3 Å². The first-order chi connectivity index (χ1) is 14.8. The third-order valence-corrected chi connectivity index (χ3v) is 6.65. The van der Waals surface area contributed by atoms with E-state index >= 15 is 0 Å². The summed E-state index contributed by atoms with van der Waals surface area (Å²) < 4.78 is 5.51. The van der Waals surface area contributed by atoms with Crippen LogP contribution >= 0.6 is 11.3 Å². The van der Waals surface area contributed by atoms with Crippen LogP contribution in [0.15, 0.2) is 30.3 Å². The topological polar surface area (TPSA) is 84.5 Å². The van der Waals surface area contributed by atoms with Crippen molar-refractivity contribution >= 4 is 34.1 Å². The van der Waals surface area contributed by atoms with Crippen molar-refractivity contribution in [2.45, 2.75) is 65.5 Å². The van der Waals surface area contributed by atoms with Crippen LogP contribution in [0, 0.1) is 19.8 Å². The lowest BCUT2D eigenvalue weighted by Crippen LogP contribution is -2.38. The fraction of sp³-hybridized carbons (Fsp3) is 0.458. The SMILES string of the molecule is CCCC(NC(=O)C(C)OC(=O)c1c(NC(=O)C2CC2)sc(C)c1C)c1ccccc1. The molecule has 0 saturated heterocycles. The van der Waals surface area contributed by atoms with E-state index in [1.54, 1.807) is 6.92 Å². The van der Waals surface area contributed by atoms with Crippen LogP contribution in [0.4, 0.5) is 5.00 Å². The average molecular weight is 443 g/mol. The highest BCUT2D eigenvalue weighted by molar-refractivity contribution is 7.16. The van der Waals surface area contributed by atoms with Crippen LogP contribution in [0.2, 0.25) is 0 Å². The maximum atomic E-state index is 12.9. The number of hydrogen-bond donors (Lipinski definition) is 2. The predicted molar refractivity (Wildman–Crippen MR) is 122 cm³/mol. The molecule has 1 aliphatic rings. The molecule has 166 valence electrons. The van der Waals surface area contributed by atoms with Gasteiger partial charge in [0.05, 0.1) is 11.6 Å². The molecule has 2 amide bonds. The van der Waals surface area contributed by atoms with Gasteiger partial charge in [-0.3, -0.25) is 9.59 Å². The molecule has 1 aromatic carbocycles. The van der Waals surface area contributed by atoms with Crippen LogP contribution < -0.4 is 10.6 Å². The van der Waals surface area contributed by atoms with Crippen molar-refractivity contribution in [3.8, 4) is 0 Å². The lowest BCUT2D eigenvalue weighted by Gasteiger charge is -2.21. The molecule has 0 bridgehead atoms. The van der Waals surface area contributed by atoms with Crippen LogP contribution in [0.5, 0.6) is 0 Å². The molecule has 0 radical (unpaired) electrons. The maximum absolute atomic E-state index is 12.9. The number of nitrogens with one attached hydrogen (secondary N) is 2. The quantitative estimate of drug-likeness (QED) is 0.540. The van der Waals surface area contributed by atoms with Crippen LogP contribution in [-0.2, 0) is 14.3 Å². The number of rotatable bonds is 9. The van der Waals surface area contributed by atoms with Gasteiger partial charge in [-0.25, -0.2) is 4.79 Å². The summed E-state index contributed by atoms with van der Waals surface area (Å²) in [6, 6.07) is 9.62. The first-order valence-corrected chi connectivity index (χ1v) is 11.6. The minimum absolute atomic E-state index is 0.0322. The van der Waals surface area contributed by atoms with Gasteiger partial charge in [-0.1, -0.05) is 43.7 Å². The van der Waals surface area contributed by atoms with E-state index in [2.05, 4.69) is 17.6 Å². The third kappa shape index (κ3) is 5.73. The Morgan fingerprint density at radius 2 is 1.84 bits per heavy atom. The molecule has 1 saturated carbocycles. The predicted octanol–water partition coefficient (Wildman–Crippen LogP) is 4.92. The van der Waals surface area contributed by atoms with Gasteiger partial charge in [0.15, 0.2) is 6.10 Å². The van der Waals surface area contributed by atoms with Gasteiger partial charge in [0.1, 0.15) is 5.00 Å². The number of ether oxygens (including phenoxy) is 1. The zero-order valence-corrected chi connectivity index (χ0v) is 19.3. The molecule has 2 unspecified atom stereocenters. The van der Waals surface area contributed by atoms with E-state index in [9.17, 15) is 14.4 Å². The zero-order chi connectivity index (χ0) is 22.5. The number of amides is 2. The summed E-state index contributed by atoms with van der Waals surface area (Å²) in [5, 5.41) is 6.36. The van der Waals surface area contributed by atoms with Crippen molar-refractivity contribution in [2.24, 2.45) is 5.92 Å². The number of aryl methyl sites for hydroxylation is 1. The smallest absolute Gasteiger partial charge is 0.342 e. The molecule has 1 aliphatic carbocycles. The molecule has 2 aromatic rings. The first-order valence-electron chi connectivity index (χ1n) is 10.8. The van der Waals surface area contributed by atoms with E-state index in [-0.39, 0.29) is 23.8 Å². The maximum Gasteiger partial charge on any atom is 0.342 e. The van der Waals surface area contributed by atoms with Gasteiger partial charge in [-0.15, -0.1) is 11.3 Å². The molecule has 0 spiro atoms. The number of carbonyl (C=O) groups excluding carboxylic acids is 3. The summed E-state index contributed by atoms with van der Waals surface area (Å²) in [7, 11) is 0. The van der Waals surface area contributed by atoms with E-state index in [0.717, 1.165) is 41.7 Å². The summed E-state index contributed by atoms with van der Waals surface area (Å²) in [4.78, 5) is 38.8. The van der Waals surface area contributed by atoms with Gasteiger partial charge in [0, 0.05) is 10.8 Å². The monoisotopic (exact) mass is 442 g/mol. The van der Waals surface area contributed by atoms with Crippen LogP contribution in [0.3, 0.4) is 0 Å². The Labute approximate surface area is 187 Å². The number of anilines is 1. The third-order valence-electron chi connectivity index (χ3n) is 5.52. The average Bonchev–Trinajstić information content (AvgIpc) is 3.55. The Bertz CT molecular complexity index is 950. The number of carbonyl (C=O) groups is 3. The Kier molecular flexibility index (Phi) is 7.49. The number of thiophene rings is 1. The van der Waals surface area contributed by atoms with Crippen LogP contribution in [-0.4, -0.2) is 23.9 Å². The summed E-state index contributed by atoms with van der Waals surface area (Å²) in [6.45, 7) is 7.35. The van der Waals surface area contributed by atoms with Crippen molar-refractivity contribution in [1.82, 2.24) is 5.32 Å². The van der Waals surface area contributed by atoms with Crippen LogP contribution in [0.25, 0.3) is 0 Å². The lowest BCUT2D eigenvalue weighted by molar-refractivity contribution is -0.130. The summed E-state index contributed by atoms with van der Waals surface area (Å²) in [5.41, 5.74) is 2.12. The Hall–Kier alpha value is -2.67. The molecule has 2 N–H and O–H groups in total. The molecule has 0 aliphatic heterocycles. The molecular weight excluding hydrogens is 412 g/mol. The van der Waals surface area contributed by atoms with Crippen molar-refractivity contribution in [2.75, 3.05) is 5.32 Å². The minimum Gasteiger partial charge on any atom is -0.449 e. The van der Waals surface area contributed by atoms with Crippen molar-refractivity contribution in [3.05, 3.63) is 51.9 Å². The molecule has 31 heavy (non-hydrogen) atoms. The van der Waals surface area contributed by atoms with Gasteiger partial charge in [-0.05, 0) is 51.2 Å². The van der Waals surface area contributed by atoms with Gasteiger partial charge < -0.3 is 15.4 Å². The number of benzene rings is 1. The van der Waals surface area contributed by atoms with Gasteiger partial charge >= 0.3 is 5.97 Å². The minimum atomic E-state index is -0.956. The highest BCUT2D eigenvalue weighted by Gasteiger charge is 2.32. The number of hydrogen-bond acceptors (Lipinski definition) is 5. The molecule has 7 heteroatoms. The fourth-order valence-electron chi connectivity index (χ4n) is 3.38. The second-order valence-electron chi connectivity index (χ2n) is 8.06. The van der Waals surface area contributed by atoms with E-state index in [4.69, 9.17) is 4.74 Å². The largest absolute Gasteiger partial charge is 0.449 e. The molecule has 1 fully saturated rings. The normalized spacial score (nSPS) is 15.1. The Morgan fingerprint density at radius 3 is 2.45 bits per heavy atom. The molecule has 1 heterocycles. The lowest BCUT2D eigenvalue weighted by atomic mass is 10.0. The molecular formula is C24H30N2O4S. The highest BCUT2D eigenvalue weighted by Crippen LogP contribution is 2.36. The summed E-state index contributed by atoms with van der Waals surface area (Å²) in [6.07, 6.45) is 2.50. The van der Waals surface area contributed by atoms with E-state index in [0.29, 0.717) is 10.6 Å². The first kappa shape index (κ1) is 23.0. The van der Waals surface area contributed by atoms with Gasteiger partial charge in [0.2, 0.25) is 5.91 Å². The van der Waals surface area contributed by atoms with Crippen molar-refractivity contribution in [3.63, 3.8) is 0 Å². The zero-order valence-electron chi connectivity index (χ0n) is 18.5. The van der Waals surface area contributed by atoms with E-state index in [1.807, 2.05) is 44.2 Å². The van der Waals surface area contributed by atoms with Crippen LogP contribution in [0.1, 0.15) is 71.9 Å². The van der Waals surface area contributed by atoms with Gasteiger partial charge in [-0.2, -0.15) is 0 Å². The second-order valence-corrected chi connectivity index (χ2v) is 9.28. The Balaban J connectivity index is 1.68. The molecule has 3 rings (SSSR count). The fourth-order valence-corrected chi connectivity index (χ4v) is 4.43.